The molecule has 88 valence electrons. The third-order valence-corrected chi connectivity index (χ3v) is 3.78. The molecule has 2 aliphatic rings. The highest BCUT2D eigenvalue weighted by Crippen LogP contribution is 2.31. The smallest absolute Gasteiger partial charge is 0.138 e. The van der Waals surface area contributed by atoms with Crippen LogP contribution in [0.15, 0.2) is 0 Å². The summed E-state index contributed by atoms with van der Waals surface area (Å²) in [4.78, 5) is 0. The van der Waals surface area contributed by atoms with Crippen molar-refractivity contribution in [1.82, 2.24) is 14.8 Å². The van der Waals surface area contributed by atoms with Crippen LogP contribution in [0.1, 0.15) is 56.2 Å². The van der Waals surface area contributed by atoms with Gasteiger partial charge in [0.25, 0.3) is 0 Å². The van der Waals surface area contributed by atoms with Gasteiger partial charge in [0, 0.05) is 25.0 Å². The average molecular weight is 221 g/mol. The predicted molar refractivity (Wildman–Crippen MR) is 60.5 cm³/mol. The molecule has 0 radical (unpaired) electrons. The summed E-state index contributed by atoms with van der Waals surface area (Å²) < 4.78 is 7.91. The molecular formula is C12H19N3O. The number of rotatable bonds is 1. The third-order valence-electron chi connectivity index (χ3n) is 3.78. The van der Waals surface area contributed by atoms with Gasteiger partial charge in [0.2, 0.25) is 0 Å². The molecule has 1 fully saturated rings. The quantitative estimate of drug-likeness (QED) is 0.729. The van der Waals surface area contributed by atoms with E-state index in [1.54, 1.807) is 0 Å². The maximum atomic E-state index is 5.55. The van der Waals surface area contributed by atoms with Gasteiger partial charge in [-0.3, -0.25) is 0 Å². The van der Waals surface area contributed by atoms with Crippen LogP contribution in [0.5, 0.6) is 0 Å². The Morgan fingerprint density at radius 1 is 1.25 bits per heavy atom. The molecule has 1 saturated heterocycles. The van der Waals surface area contributed by atoms with Crippen molar-refractivity contribution in [2.75, 3.05) is 13.2 Å². The van der Waals surface area contributed by atoms with Gasteiger partial charge in [-0.1, -0.05) is 0 Å². The summed E-state index contributed by atoms with van der Waals surface area (Å²) in [5.74, 6) is 2.82. The molecule has 4 nitrogen and oxygen atoms in total. The number of hydrogen-bond acceptors (Lipinski definition) is 3. The molecule has 3 heterocycles. The second kappa shape index (κ2) is 4.17. The highest BCUT2D eigenvalue weighted by atomic mass is 16.5. The summed E-state index contributed by atoms with van der Waals surface area (Å²) >= 11 is 0. The lowest BCUT2D eigenvalue weighted by molar-refractivity contribution is 0.0762. The van der Waals surface area contributed by atoms with E-state index in [1.807, 2.05) is 0 Å². The van der Waals surface area contributed by atoms with Crippen LogP contribution < -0.4 is 0 Å². The molecule has 3 rings (SSSR count). The Bertz CT molecular complexity index is 368. The fourth-order valence-corrected chi connectivity index (χ4v) is 2.90. The van der Waals surface area contributed by atoms with Crippen LogP contribution in [0.3, 0.4) is 0 Å². The predicted octanol–water partition coefficient (Wildman–Crippen LogP) is 2.07. The van der Waals surface area contributed by atoms with Crippen molar-refractivity contribution < 1.29 is 4.74 Å². The molecule has 0 N–H and O–H groups in total. The van der Waals surface area contributed by atoms with Gasteiger partial charge in [-0.15, -0.1) is 10.2 Å². The van der Waals surface area contributed by atoms with Crippen LogP contribution >= 0.6 is 0 Å². The lowest BCUT2D eigenvalue weighted by atomic mass is 9.99. The van der Waals surface area contributed by atoms with Crippen molar-refractivity contribution in [3.63, 3.8) is 0 Å². The molecule has 2 unspecified atom stereocenters. The average Bonchev–Trinajstić information content (AvgIpc) is 2.75. The second-order valence-electron chi connectivity index (χ2n) is 5.00. The van der Waals surface area contributed by atoms with Crippen molar-refractivity contribution in [2.45, 2.75) is 51.0 Å². The number of fused-ring (bicyclic) bond motifs is 1. The van der Waals surface area contributed by atoms with Crippen LogP contribution in [-0.2, 0) is 11.2 Å². The molecule has 1 aromatic heterocycles. The summed E-state index contributed by atoms with van der Waals surface area (Å²) in [6.45, 7) is 4.01. The Labute approximate surface area is 96.0 Å². The van der Waals surface area contributed by atoms with E-state index in [4.69, 9.17) is 4.74 Å². The normalized spacial score (nSPS) is 30.1. The molecule has 2 atom stereocenters. The first-order chi connectivity index (χ1) is 7.86. The maximum Gasteiger partial charge on any atom is 0.138 e. The largest absolute Gasteiger partial charge is 0.381 e. The highest BCUT2D eigenvalue weighted by molar-refractivity contribution is 5.07. The van der Waals surface area contributed by atoms with Gasteiger partial charge in [0.1, 0.15) is 11.6 Å². The van der Waals surface area contributed by atoms with E-state index < -0.39 is 0 Å². The Morgan fingerprint density at radius 3 is 3.00 bits per heavy atom. The van der Waals surface area contributed by atoms with Gasteiger partial charge >= 0.3 is 0 Å². The van der Waals surface area contributed by atoms with Gasteiger partial charge in [-0.05, 0) is 32.6 Å². The first kappa shape index (κ1) is 10.3. The van der Waals surface area contributed by atoms with Crippen molar-refractivity contribution in [1.29, 1.82) is 0 Å². The maximum absolute atomic E-state index is 5.55. The van der Waals surface area contributed by atoms with E-state index >= 15 is 0 Å². The molecule has 0 saturated carbocycles. The Kier molecular flexibility index (Phi) is 2.67. The first-order valence-corrected chi connectivity index (χ1v) is 6.37. The summed E-state index contributed by atoms with van der Waals surface area (Å²) in [7, 11) is 0. The number of ether oxygens (including phenoxy) is 1. The molecule has 0 spiro atoms. The Morgan fingerprint density at radius 2 is 2.19 bits per heavy atom. The minimum absolute atomic E-state index is 0.468. The standard InChI is InChI=1S/C12H19N3O/c1-9-4-2-6-11-13-14-12(15(9)11)10-5-3-7-16-8-10/h9-10H,2-8H2,1H3. The van der Waals surface area contributed by atoms with Gasteiger partial charge in [0.05, 0.1) is 6.61 Å². The van der Waals surface area contributed by atoms with Crippen LogP contribution in [-0.4, -0.2) is 28.0 Å². The zero-order chi connectivity index (χ0) is 11.0. The van der Waals surface area contributed by atoms with Gasteiger partial charge < -0.3 is 9.30 Å². The number of nitrogens with zero attached hydrogens (tertiary/aromatic N) is 3. The molecule has 0 aromatic carbocycles. The Balaban J connectivity index is 1.91. The summed E-state index contributed by atoms with van der Waals surface area (Å²) in [6, 6.07) is 0.565. The van der Waals surface area contributed by atoms with Crippen molar-refractivity contribution in [3.05, 3.63) is 11.6 Å². The van der Waals surface area contributed by atoms with Crippen LogP contribution in [0.2, 0.25) is 0 Å². The van der Waals surface area contributed by atoms with Gasteiger partial charge in [0.15, 0.2) is 0 Å². The molecule has 1 aromatic rings. The molecule has 4 heteroatoms. The SMILES string of the molecule is CC1CCCc2nnc(C3CCCOC3)n21. The van der Waals surface area contributed by atoms with Crippen LogP contribution in [0.25, 0.3) is 0 Å². The first-order valence-electron chi connectivity index (χ1n) is 6.37. The molecule has 2 aliphatic heterocycles. The second-order valence-corrected chi connectivity index (χ2v) is 5.00. The molecule has 16 heavy (non-hydrogen) atoms. The summed E-state index contributed by atoms with van der Waals surface area (Å²) in [6.07, 6.45) is 5.95. The fourth-order valence-electron chi connectivity index (χ4n) is 2.90. The zero-order valence-corrected chi connectivity index (χ0v) is 9.85. The summed E-state index contributed by atoms with van der Waals surface area (Å²) in [5, 5.41) is 8.74. The molecule has 0 bridgehead atoms. The number of aryl methyl sites for hydroxylation is 1. The third kappa shape index (κ3) is 1.65. The van der Waals surface area contributed by atoms with Crippen LogP contribution in [0, 0.1) is 0 Å². The Hall–Kier alpha value is -0.900. The van der Waals surface area contributed by atoms with Crippen molar-refractivity contribution in [3.8, 4) is 0 Å². The van der Waals surface area contributed by atoms with Crippen molar-refractivity contribution >= 4 is 0 Å². The van der Waals surface area contributed by atoms with Crippen molar-refractivity contribution in [2.24, 2.45) is 0 Å². The number of hydrogen-bond donors (Lipinski definition) is 0. The monoisotopic (exact) mass is 221 g/mol. The molecule has 0 amide bonds. The van der Waals surface area contributed by atoms with E-state index in [0.717, 1.165) is 26.1 Å². The lowest BCUT2D eigenvalue weighted by Gasteiger charge is -2.27. The lowest BCUT2D eigenvalue weighted by Crippen LogP contribution is -2.23. The molecular weight excluding hydrogens is 202 g/mol. The van der Waals surface area contributed by atoms with E-state index in [-0.39, 0.29) is 0 Å². The van der Waals surface area contributed by atoms with Gasteiger partial charge in [-0.25, -0.2) is 0 Å². The summed E-state index contributed by atoms with van der Waals surface area (Å²) in [5.41, 5.74) is 0. The van der Waals surface area contributed by atoms with Gasteiger partial charge in [-0.2, -0.15) is 0 Å². The zero-order valence-electron chi connectivity index (χ0n) is 9.85. The molecule has 0 aliphatic carbocycles. The number of aromatic nitrogens is 3. The van der Waals surface area contributed by atoms with E-state index in [1.165, 1.54) is 30.9 Å². The van der Waals surface area contributed by atoms with Crippen LogP contribution in [0.4, 0.5) is 0 Å². The highest BCUT2D eigenvalue weighted by Gasteiger charge is 2.27. The minimum atomic E-state index is 0.468. The van der Waals surface area contributed by atoms with E-state index in [9.17, 15) is 0 Å². The fraction of sp³-hybridized carbons (Fsp3) is 0.833. The van der Waals surface area contributed by atoms with E-state index in [2.05, 4.69) is 21.7 Å². The van der Waals surface area contributed by atoms with E-state index in [0.29, 0.717) is 12.0 Å². The topological polar surface area (TPSA) is 39.9 Å². The minimum Gasteiger partial charge on any atom is -0.381 e.